The number of hydrogen-bond donors (Lipinski definition) is 1. The van der Waals surface area contributed by atoms with Crippen molar-refractivity contribution in [3.05, 3.63) is 58.2 Å². The third-order valence-electron chi connectivity index (χ3n) is 3.25. The van der Waals surface area contributed by atoms with Crippen LogP contribution in [0.4, 0.5) is 0 Å². The van der Waals surface area contributed by atoms with Crippen LogP contribution in [0.5, 0.6) is 0 Å². The Bertz CT molecular complexity index is 569. The van der Waals surface area contributed by atoms with Gasteiger partial charge >= 0.3 is 0 Å². The minimum atomic E-state index is 0.318. The lowest BCUT2D eigenvalue weighted by Gasteiger charge is -2.18. The molecule has 4 heteroatoms. The molecule has 1 heterocycles. The summed E-state index contributed by atoms with van der Waals surface area (Å²) in [4.78, 5) is 4.32. The molecule has 0 saturated heterocycles. The standard InChI is InChI=1S/C16H19ClN2S/c1-11-4-6-14(12(2)8-11)15(18-3)10-20-16-7-5-13(17)9-19-16/h4-9,15,18H,10H2,1-3H3. The number of benzene rings is 1. The fourth-order valence-electron chi connectivity index (χ4n) is 2.16. The molecule has 0 amide bonds. The Labute approximate surface area is 130 Å². The molecule has 2 rings (SSSR count). The number of aromatic nitrogens is 1. The van der Waals surface area contributed by atoms with Crippen LogP contribution in [0.2, 0.25) is 5.02 Å². The van der Waals surface area contributed by atoms with E-state index < -0.39 is 0 Å². The number of hydrogen-bond acceptors (Lipinski definition) is 3. The minimum Gasteiger partial charge on any atom is -0.312 e. The Morgan fingerprint density at radius 2 is 2.05 bits per heavy atom. The molecule has 20 heavy (non-hydrogen) atoms. The molecule has 0 spiro atoms. The maximum Gasteiger partial charge on any atom is 0.0961 e. The van der Waals surface area contributed by atoms with Gasteiger partial charge in [-0.25, -0.2) is 4.98 Å². The molecule has 0 bridgehead atoms. The molecule has 0 aliphatic rings. The molecule has 2 nitrogen and oxygen atoms in total. The van der Waals surface area contributed by atoms with Crippen LogP contribution < -0.4 is 5.32 Å². The maximum absolute atomic E-state index is 5.85. The number of aryl methyl sites for hydroxylation is 2. The number of nitrogens with zero attached hydrogens (tertiary/aromatic N) is 1. The molecule has 0 aliphatic carbocycles. The molecule has 106 valence electrons. The number of halogens is 1. The normalized spacial score (nSPS) is 12.4. The molecule has 0 aliphatic heterocycles. The highest BCUT2D eigenvalue weighted by molar-refractivity contribution is 7.99. The van der Waals surface area contributed by atoms with E-state index >= 15 is 0 Å². The number of nitrogens with one attached hydrogen (secondary N) is 1. The quantitative estimate of drug-likeness (QED) is 0.829. The molecule has 2 aromatic rings. The van der Waals surface area contributed by atoms with E-state index in [9.17, 15) is 0 Å². The van der Waals surface area contributed by atoms with Gasteiger partial charge in [0.2, 0.25) is 0 Å². The largest absolute Gasteiger partial charge is 0.312 e. The van der Waals surface area contributed by atoms with Gasteiger partial charge in [0.05, 0.1) is 10.0 Å². The highest BCUT2D eigenvalue weighted by Gasteiger charge is 2.12. The SMILES string of the molecule is CNC(CSc1ccc(Cl)cn1)c1ccc(C)cc1C. The predicted molar refractivity (Wildman–Crippen MR) is 87.7 cm³/mol. The van der Waals surface area contributed by atoms with Crippen molar-refractivity contribution in [3.63, 3.8) is 0 Å². The summed E-state index contributed by atoms with van der Waals surface area (Å²) in [6.07, 6.45) is 1.69. The van der Waals surface area contributed by atoms with E-state index in [1.54, 1.807) is 18.0 Å². The monoisotopic (exact) mass is 306 g/mol. The smallest absolute Gasteiger partial charge is 0.0961 e. The first-order chi connectivity index (χ1) is 9.60. The summed E-state index contributed by atoms with van der Waals surface area (Å²) >= 11 is 7.59. The van der Waals surface area contributed by atoms with Gasteiger partial charge in [0, 0.05) is 18.0 Å². The van der Waals surface area contributed by atoms with Crippen LogP contribution in [0.15, 0.2) is 41.6 Å². The van der Waals surface area contributed by atoms with Crippen molar-refractivity contribution in [1.29, 1.82) is 0 Å². The molecule has 1 unspecified atom stereocenters. The van der Waals surface area contributed by atoms with Gasteiger partial charge in [0.1, 0.15) is 0 Å². The van der Waals surface area contributed by atoms with Gasteiger partial charge < -0.3 is 5.32 Å². The molecule has 0 fully saturated rings. The molecular weight excluding hydrogens is 288 g/mol. The Kier molecular flexibility index (Phi) is 5.46. The number of thioether (sulfide) groups is 1. The first-order valence-corrected chi connectivity index (χ1v) is 7.95. The molecule has 0 radical (unpaired) electrons. The Morgan fingerprint density at radius 1 is 1.25 bits per heavy atom. The van der Waals surface area contributed by atoms with E-state index in [0.29, 0.717) is 11.1 Å². The van der Waals surface area contributed by atoms with E-state index in [1.807, 2.05) is 19.2 Å². The lowest BCUT2D eigenvalue weighted by Crippen LogP contribution is -2.19. The van der Waals surface area contributed by atoms with Crippen molar-refractivity contribution in [2.24, 2.45) is 0 Å². The maximum atomic E-state index is 5.85. The topological polar surface area (TPSA) is 24.9 Å². The molecular formula is C16H19ClN2S. The Balaban J connectivity index is 2.07. The molecule has 1 N–H and O–H groups in total. The molecule has 0 saturated carbocycles. The third-order valence-corrected chi connectivity index (χ3v) is 4.51. The van der Waals surface area contributed by atoms with Crippen LogP contribution in [0.3, 0.4) is 0 Å². The Hall–Kier alpha value is -1.03. The van der Waals surface area contributed by atoms with Crippen LogP contribution >= 0.6 is 23.4 Å². The summed E-state index contributed by atoms with van der Waals surface area (Å²) in [6.45, 7) is 4.29. The van der Waals surface area contributed by atoms with Gasteiger partial charge in [0.15, 0.2) is 0 Å². The highest BCUT2D eigenvalue weighted by Crippen LogP contribution is 2.26. The van der Waals surface area contributed by atoms with Gasteiger partial charge in [-0.2, -0.15) is 0 Å². The zero-order valence-electron chi connectivity index (χ0n) is 12.0. The molecule has 1 atom stereocenters. The number of pyridine rings is 1. The van der Waals surface area contributed by atoms with E-state index in [4.69, 9.17) is 11.6 Å². The van der Waals surface area contributed by atoms with Crippen LogP contribution in [0.1, 0.15) is 22.7 Å². The second kappa shape index (κ2) is 7.11. The van der Waals surface area contributed by atoms with Crippen molar-refractivity contribution in [1.82, 2.24) is 10.3 Å². The second-order valence-electron chi connectivity index (χ2n) is 4.83. The van der Waals surface area contributed by atoms with E-state index in [0.717, 1.165) is 10.8 Å². The van der Waals surface area contributed by atoms with Crippen molar-refractivity contribution in [2.75, 3.05) is 12.8 Å². The van der Waals surface area contributed by atoms with E-state index in [-0.39, 0.29) is 0 Å². The summed E-state index contributed by atoms with van der Waals surface area (Å²) in [7, 11) is 2.00. The first kappa shape index (κ1) is 15.4. The summed E-state index contributed by atoms with van der Waals surface area (Å²) in [5.41, 5.74) is 3.97. The van der Waals surface area contributed by atoms with Crippen molar-refractivity contribution >= 4 is 23.4 Å². The van der Waals surface area contributed by atoms with Gasteiger partial charge in [-0.15, -0.1) is 11.8 Å². The van der Waals surface area contributed by atoms with Crippen molar-refractivity contribution in [3.8, 4) is 0 Å². The van der Waals surface area contributed by atoms with Crippen LogP contribution in [-0.2, 0) is 0 Å². The minimum absolute atomic E-state index is 0.318. The second-order valence-corrected chi connectivity index (χ2v) is 6.30. The van der Waals surface area contributed by atoms with Gasteiger partial charge in [0.25, 0.3) is 0 Å². The van der Waals surface area contributed by atoms with Gasteiger partial charge in [-0.1, -0.05) is 35.4 Å². The fraction of sp³-hybridized carbons (Fsp3) is 0.312. The first-order valence-electron chi connectivity index (χ1n) is 6.59. The summed E-state index contributed by atoms with van der Waals surface area (Å²) in [5, 5.41) is 5.06. The van der Waals surface area contributed by atoms with Crippen molar-refractivity contribution in [2.45, 2.75) is 24.9 Å². The van der Waals surface area contributed by atoms with E-state index in [2.05, 4.69) is 42.3 Å². The number of rotatable bonds is 5. The third kappa shape index (κ3) is 3.98. The van der Waals surface area contributed by atoms with E-state index in [1.165, 1.54) is 16.7 Å². The predicted octanol–water partition coefficient (Wildman–Crippen LogP) is 4.40. The average molecular weight is 307 g/mol. The zero-order valence-corrected chi connectivity index (χ0v) is 13.6. The van der Waals surface area contributed by atoms with Crippen LogP contribution in [0, 0.1) is 13.8 Å². The molecule has 1 aromatic heterocycles. The molecule has 1 aromatic carbocycles. The van der Waals surface area contributed by atoms with Crippen LogP contribution in [0.25, 0.3) is 0 Å². The highest BCUT2D eigenvalue weighted by atomic mass is 35.5. The summed E-state index contributed by atoms with van der Waals surface area (Å²) in [6, 6.07) is 10.8. The fourth-order valence-corrected chi connectivity index (χ4v) is 3.25. The average Bonchev–Trinajstić information content (AvgIpc) is 2.43. The zero-order chi connectivity index (χ0) is 14.5. The van der Waals surface area contributed by atoms with Crippen molar-refractivity contribution < 1.29 is 0 Å². The van der Waals surface area contributed by atoms with Gasteiger partial charge in [-0.05, 0) is 44.2 Å². The summed E-state index contributed by atoms with van der Waals surface area (Å²) in [5.74, 6) is 0.940. The lowest BCUT2D eigenvalue weighted by atomic mass is 10.0. The van der Waals surface area contributed by atoms with Gasteiger partial charge in [-0.3, -0.25) is 0 Å². The van der Waals surface area contributed by atoms with Crippen LogP contribution in [-0.4, -0.2) is 17.8 Å². The lowest BCUT2D eigenvalue weighted by molar-refractivity contribution is 0.657. The summed E-state index contributed by atoms with van der Waals surface area (Å²) < 4.78 is 0. The Morgan fingerprint density at radius 3 is 2.65 bits per heavy atom.